The quantitative estimate of drug-likeness (QED) is 0.389. The fraction of sp³-hybridized carbons (Fsp3) is 0.462. The van der Waals surface area contributed by atoms with Crippen LogP contribution < -0.4 is 52.1 Å². The molecule has 2 rings (SSSR count). The fourth-order valence-corrected chi connectivity index (χ4v) is 2.96. The van der Waals surface area contributed by atoms with Crippen molar-refractivity contribution in [3.05, 3.63) is 33.7 Å². The van der Waals surface area contributed by atoms with E-state index in [2.05, 4.69) is 22.0 Å². The molecule has 2 heterocycles. The number of aromatic nitrogens is 3. The summed E-state index contributed by atoms with van der Waals surface area (Å²) in [6.45, 7) is 4.90. The van der Waals surface area contributed by atoms with Gasteiger partial charge in [0.15, 0.2) is 12.2 Å². The third kappa shape index (κ3) is 13.6. The van der Waals surface area contributed by atoms with Gasteiger partial charge in [-0.05, 0) is 4.98 Å². The zero-order chi connectivity index (χ0) is 23.0. The highest BCUT2D eigenvalue weighted by atomic mass is 35.7. The molecule has 0 bridgehead atoms. The van der Waals surface area contributed by atoms with Gasteiger partial charge < -0.3 is 10.8 Å². The summed E-state index contributed by atoms with van der Waals surface area (Å²) in [6, 6.07) is 0. The summed E-state index contributed by atoms with van der Waals surface area (Å²) >= 11 is 1.67. The number of nitrogens with two attached hydrogens (primary N) is 1. The van der Waals surface area contributed by atoms with Crippen LogP contribution in [-0.2, 0) is 20.0 Å². The summed E-state index contributed by atoms with van der Waals surface area (Å²) in [5.41, 5.74) is 10.2. The molecule has 0 aromatic carbocycles. The van der Waals surface area contributed by atoms with Crippen LogP contribution in [0.25, 0.3) is 0 Å². The van der Waals surface area contributed by atoms with Crippen molar-refractivity contribution in [2.45, 2.75) is 26.8 Å². The smallest absolute Gasteiger partial charge is 0.297 e. The molecule has 2 aromatic rings. The highest BCUT2D eigenvalue weighted by Gasteiger charge is 2.20. The zero-order valence-corrected chi connectivity index (χ0v) is 17.9. The van der Waals surface area contributed by atoms with Crippen LogP contribution in [0.1, 0.15) is 22.0 Å². The van der Waals surface area contributed by atoms with Gasteiger partial charge in [0.05, 0.1) is 11.9 Å². The molecule has 3 N–H and O–H groups in total. The fourth-order valence-electron chi connectivity index (χ4n) is 1.97. The van der Waals surface area contributed by atoms with Crippen LogP contribution in [0.3, 0.4) is 0 Å². The maximum Gasteiger partial charge on any atom is 0.297 e. The summed E-state index contributed by atoms with van der Waals surface area (Å²) in [4.78, 5) is 5.55. The largest absolute Gasteiger partial charge is 0.396 e. The molecule has 0 aliphatic heterocycles. The molecule has 16 heteroatoms. The van der Waals surface area contributed by atoms with Gasteiger partial charge in [-0.1, -0.05) is 11.3 Å². The van der Waals surface area contributed by atoms with E-state index in [1.54, 1.807) is 11.3 Å². The van der Waals surface area contributed by atoms with Crippen LogP contribution in [0.4, 0.5) is 5.82 Å². The Morgan fingerprint density at radius 2 is 1.55 bits per heavy atom. The minimum Gasteiger partial charge on any atom is -0.396 e. The van der Waals surface area contributed by atoms with Gasteiger partial charge in [0.25, 0.3) is 11.6 Å². The summed E-state index contributed by atoms with van der Waals surface area (Å²) in [5, 5.41) is 9.02. The number of nitrogens with zero attached hydrogens (tertiary/aromatic N) is 3. The summed E-state index contributed by atoms with van der Waals surface area (Å²) < 4.78 is 72.1. The number of rotatable bonds is 4. The Morgan fingerprint density at radius 3 is 2.00 bits per heavy atom. The first-order valence-electron chi connectivity index (χ1n) is 7.45. The molecule has 13 nitrogen and oxygen atoms in total. The Bertz CT molecular complexity index is 757. The van der Waals surface area contributed by atoms with Crippen LogP contribution in [-0.4, -0.2) is 16.7 Å². The lowest BCUT2D eigenvalue weighted by Crippen LogP contribution is -2.68. The third-order valence-corrected chi connectivity index (χ3v) is 4.45. The SMILES string of the molecule is Cc1nc(N)c(C[n+]2csc(CCO)c2C)c[n+]1C.[O-][Cl+3]([O-])([O-])[O-].[O-][Cl+3]([O-])([O-])[O-]. The molecule has 0 saturated carbocycles. The number of thiazole rings is 1. The highest BCUT2D eigenvalue weighted by molar-refractivity contribution is 7.09. The predicted molar refractivity (Wildman–Crippen MR) is 73.7 cm³/mol. The average Bonchev–Trinajstić information content (AvgIpc) is 2.83. The lowest BCUT2D eigenvalue weighted by atomic mass is 10.2. The van der Waals surface area contributed by atoms with E-state index in [1.807, 2.05) is 24.7 Å². The number of nitrogen functional groups attached to an aromatic ring is 1. The van der Waals surface area contributed by atoms with Crippen molar-refractivity contribution in [2.75, 3.05) is 12.3 Å². The molecule has 0 aliphatic carbocycles. The first-order chi connectivity index (χ1) is 13.0. The molecule has 2 aromatic heterocycles. The van der Waals surface area contributed by atoms with E-state index in [-0.39, 0.29) is 6.61 Å². The summed E-state index contributed by atoms with van der Waals surface area (Å²) in [6.07, 6.45) is 2.73. The molecule has 0 fully saturated rings. The van der Waals surface area contributed by atoms with Crippen molar-refractivity contribution >= 4 is 17.2 Å². The van der Waals surface area contributed by atoms with E-state index in [4.69, 9.17) is 48.1 Å². The molecular weight excluding hydrogens is 459 g/mol. The molecule has 0 saturated heterocycles. The van der Waals surface area contributed by atoms with Gasteiger partial charge in [0.2, 0.25) is 5.51 Å². The van der Waals surface area contributed by atoms with Gasteiger partial charge in [-0.2, -0.15) is 4.57 Å². The monoisotopic (exact) mass is 478 g/mol. The van der Waals surface area contributed by atoms with E-state index < -0.39 is 20.5 Å². The van der Waals surface area contributed by atoms with E-state index in [0.29, 0.717) is 18.8 Å². The number of aliphatic hydroxyl groups is 1. The Morgan fingerprint density at radius 1 is 1.07 bits per heavy atom. The Hall–Kier alpha value is -1.27. The third-order valence-electron chi connectivity index (χ3n) is 3.31. The van der Waals surface area contributed by atoms with E-state index in [9.17, 15) is 0 Å². The second-order valence-electron chi connectivity index (χ2n) is 5.40. The van der Waals surface area contributed by atoms with Crippen molar-refractivity contribution in [3.63, 3.8) is 0 Å². The van der Waals surface area contributed by atoms with Gasteiger partial charge in [-0.25, -0.2) is 41.8 Å². The minimum atomic E-state index is -4.94. The number of aliphatic hydroxyl groups excluding tert-OH is 1. The van der Waals surface area contributed by atoms with Crippen LogP contribution in [0.15, 0.2) is 11.7 Å². The maximum absolute atomic E-state index is 9.02. The van der Waals surface area contributed by atoms with E-state index in [1.165, 1.54) is 10.6 Å². The normalized spacial score (nSPS) is 11.3. The first-order valence-corrected chi connectivity index (χ1v) is 10.8. The van der Waals surface area contributed by atoms with Crippen molar-refractivity contribution in [3.8, 4) is 0 Å². The molecule has 29 heavy (non-hydrogen) atoms. The molecule has 166 valence electrons. The van der Waals surface area contributed by atoms with Crippen LogP contribution >= 0.6 is 11.3 Å². The van der Waals surface area contributed by atoms with Gasteiger partial charge >= 0.3 is 0 Å². The van der Waals surface area contributed by atoms with Gasteiger partial charge in [-0.15, -0.1) is 20.5 Å². The second kappa shape index (κ2) is 11.8. The molecule has 0 radical (unpaired) electrons. The van der Waals surface area contributed by atoms with E-state index >= 15 is 0 Å². The lowest BCUT2D eigenvalue weighted by molar-refractivity contribution is -2.00. The maximum atomic E-state index is 9.02. The van der Waals surface area contributed by atoms with Crippen molar-refractivity contribution in [1.82, 2.24) is 4.98 Å². The molecular formula is C13H20Cl2N4O9S. The van der Waals surface area contributed by atoms with Crippen molar-refractivity contribution in [2.24, 2.45) is 7.05 Å². The van der Waals surface area contributed by atoms with Crippen molar-refractivity contribution < 1.29 is 72.0 Å². The average molecular weight is 479 g/mol. The topological polar surface area (TPSA) is 251 Å². The minimum absolute atomic E-state index is 0.185. The number of halogens is 2. The Balaban J connectivity index is 0.000000653. The second-order valence-corrected chi connectivity index (χ2v) is 7.85. The standard InChI is InChI=1S/C13H19N4OS.2ClHO4/c1-9-12(4-5-18)19-8-17(9)7-11-6-16(3)10(2)15-13(11)14;2*2-1(3,4)5/h6,8,14,18H,4-5,7H2,1-3H3;2*(H,2,3,4,5)/q+1;;/p-1. The van der Waals surface area contributed by atoms with Crippen LogP contribution in [0, 0.1) is 34.3 Å². The van der Waals surface area contributed by atoms with E-state index in [0.717, 1.165) is 11.4 Å². The van der Waals surface area contributed by atoms with Crippen LogP contribution in [0.2, 0.25) is 0 Å². The Kier molecular flexibility index (Phi) is 11.3. The van der Waals surface area contributed by atoms with Crippen molar-refractivity contribution in [1.29, 1.82) is 0 Å². The molecule has 0 unspecified atom stereocenters. The number of hydrogen-bond donors (Lipinski definition) is 2. The lowest BCUT2D eigenvalue weighted by Gasteiger charge is -2.17. The molecule has 0 aliphatic rings. The number of anilines is 1. The van der Waals surface area contributed by atoms with Gasteiger partial charge in [0, 0.05) is 26.9 Å². The highest BCUT2D eigenvalue weighted by Crippen LogP contribution is 2.13. The summed E-state index contributed by atoms with van der Waals surface area (Å²) in [5.74, 6) is 1.48. The molecule has 0 atom stereocenters. The number of aryl methyl sites for hydroxylation is 2. The van der Waals surface area contributed by atoms with Crippen LogP contribution in [0.5, 0.6) is 0 Å². The zero-order valence-electron chi connectivity index (χ0n) is 15.6. The first kappa shape index (κ1) is 27.7. The molecule has 0 amide bonds. The predicted octanol–water partition coefficient (Wildman–Crippen LogP) is -9.47. The number of hydrogen-bond acceptors (Lipinski definition) is 12. The van der Waals surface area contributed by atoms with Gasteiger partial charge in [-0.3, -0.25) is 0 Å². The van der Waals surface area contributed by atoms with Gasteiger partial charge in [0.1, 0.15) is 11.8 Å². The molecule has 0 spiro atoms. The summed E-state index contributed by atoms with van der Waals surface area (Å²) in [7, 11) is -7.92. The Labute approximate surface area is 174 Å².